The van der Waals surface area contributed by atoms with Crippen LogP contribution in [0.4, 0.5) is 9.52 Å². The number of carbonyl (C=O) groups is 1. The molecule has 8 heteroatoms. The van der Waals surface area contributed by atoms with Crippen molar-refractivity contribution in [2.24, 2.45) is 5.92 Å². The van der Waals surface area contributed by atoms with Gasteiger partial charge in [0.05, 0.1) is 23.6 Å². The smallest absolute Gasteiger partial charge is 0.297 e. The lowest BCUT2D eigenvalue weighted by Crippen LogP contribution is -2.29. The van der Waals surface area contributed by atoms with Crippen molar-refractivity contribution in [2.75, 3.05) is 11.5 Å². The quantitative estimate of drug-likeness (QED) is 0.373. The summed E-state index contributed by atoms with van der Waals surface area (Å²) in [6, 6.07) is 10.3. The van der Waals surface area contributed by atoms with E-state index >= 15 is 0 Å². The lowest BCUT2D eigenvalue weighted by atomic mass is 9.98. The predicted octanol–water partition coefficient (Wildman–Crippen LogP) is 5.56. The Kier molecular flexibility index (Phi) is 5.46. The van der Waals surface area contributed by atoms with Crippen LogP contribution in [0.1, 0.15) is 48.0 Å². The molecule has 4 aromatic rings. The standard InChI is InChI=1S/C25H21FN2O4S/c1-14(2)8-10-31-17-5-3-4-15(12-17)21-20-22(29)18-13-16(26)6-7-19(18)32-23(20)24(30)28(21)25-27-9-11-33-25/h3-7,9,11-14,21H,8,10H2,1-2H3. The van der Waals surface area contributed by atoms with Crippen molar-refractivity contribution < 1.29 is 18.3 Å². The van der Waals surface area contributed by atoms with Gasteiger partial charge in [-0.1, -0.05) is 26.0 Å². The molecule has 0 bridgehead atoms. The third-order valence-corrected chi connectivity index (χ3v) is 6.37. The second-order valence-corrected chi connectivity index (χ2v) is 9.18. The van der Waals surface area contributed by atoms with Crippen molar-refractivity contribution in [2.45, 2.75) is 26.3 Å². The number of fused-ring (bicyclic) bond motifs is 2. The van der Waals surface area contributed by atoms with Gasteiger partial charge in [0, 0.05) is 11.6 Å². The number of benzene rings is 2. The molecular formula is C25H21FN2O4S. The third kappa shape index (κ3) is 3.80. The molecule has 33 heavy (non-hydrogen) atoms. The largest absolute Gasteiger partial charge is 0.494 e. The Morgan fingerprint density at radius 2 is 2.06 bits per heavy atom. The zero-order valence-electron chi connectivity index (χ0n) is 18.1. The van der Waals surface area contributed by atoms with E-state index in [2.05, 4.69) is 18.8 Å². The Balaban J connectivity index is 1.67. The van der Waals surface area contributed by atoms with Crippen molar-refractivity contribution in [3.63, 3.8) is 0 Å². The van der Waals surface area contributed by atoms with Crippen molar-refractivity contribution in [1.82, 2.24) is 4.98 Å². The minimum Gasteiger partial charge on any atom is -0.494 e. The predicted molar refractivity (Wildman–Crippen MR) is 125 cm³/mol. The molecule has 0 saturated carbocycles. The van der Waals surface area contributed by atoms with Gasteiger partial charge in [-0.15, -0.1) is 11.3 Å². The van der Waals surface area contributed by atoms with Gasteiger partial charge in [0.2, 0.25) is 5.76 Å². The molecule has 2 aromatic heterocycles. The Labute approximate surface area is 193 Å². The average Bonchev–Trinajstić information content (AvgIpc) is 3.41. The number of thiazole rings is 1. The van der Waals surface area contributed by atoms with Gasteiger partial charge >= 0.3 is 0 Å². The molecule has 6 nitrogen and oxygen atoms in total. The van der Waals surface area contributed by atoms with E-state index in [1.165, 1.54) is 28.4 Å². The number of hydrogen-bond acceptors (Lipinski definition) is 6. The van der Waals surface area contributed by atoms with Crippen LogP contribution in [0, 0.1) is 11.7 Å². The van der Waals surface area contributed by atoms with Gasteiger partial charge in [0.25, 0.3) is 5.91 Å². The van der Waals surface area contributed by atoms with Gasteiger partial charge in [-0.3, -0.25) is 14.5 Å². The summed E-state index contributed by atoms with van der Waals surface area (Å²) in [5, 5.41) is 2.30. The first-order valence-corrected chi connectivity index (χ1v) is 11.5. The van der Waals surface area contributed by atoms with Gasteiger partial charge in [0.15, 0.2) is 10.6 Å². The normalized spacial score (nSPS) is 15.5. The minimum absolute atomic E-state index is 0.0505. The first-order chi connectivity index (χ1) is 15.9. The molecule has 0 radical (unpaired) electrons. The first-order valence-electron chi connectivity index (χ1n) is 10.7. The Morgan fingerprint density at radius 3 is 2.82 bits per heavy atom. The number of aromatic nitrogens is 1. The fraction of sp³-hybridized carbons (Fsp3) is 0.240. The molecule has 0 saturated heterocycles. The number of halogens is 1. The fourth-order valence-electron chi connectivity index (χ4n) is 3.98. The van der Waals surface area contributed by atoms with E-state index in [1.807, 2.05) is 24.3 Å². The number of ether oxygens (including phenoxy) is 1. The molecule has 1 amide bonds. The van der Waals surface area contributed by atoms with Crippen molar-refractivity contribution in [1.29, 1.82) is 0 Å². The van der Waals surface area contributed by atoms with Crippen LogP contribution < -0.4 is 15.1 Å². The molecule has 0 fully saturated rings. The Bertz CT molecular complexity index is 1400. The summed E-state index contributed by atoms with van der Waals surface area (Å²) in [6.45, 7) is 4.81. The fourth-order valence-corrected chi connectivity index (χ4v) is 4.65. The number of hydrogen-bond donors (Lipinski definition) is 0. The van der Waals surface area contributed by atoms with E-state index in [0.717, 1.165) is 12.5 Å². The highest BCUT2D eigenvalue weighted by Crippen LogP contribution is 2.42. The number of rotatable bonds is 6. The van der Waals surface area contributed by atoms with E-state index in [9.17, 15) is 14.0 Å². The minimum atomic E-state index is -0.767. The number of amides is 1. The number of carbonyl (C=O) groups excluding carboxylic acids is 1. The molecule has 1 aliphatic heterocycles. The topological polar surface area (TPSA) is 72.6 Å². The molecule has 1 atom stereocenters. The van der Waals surface area contributed by atoms with Gasteiger partial charge < -0.3 is 9.15 Å². The summed E-state index contributed by atoms with van der Waals surface area (Å²) in [6.07, 6.45) is 2.50. The molecule has 0 aliphatic carbocycles. The van der Waals surface area contributed by atoms with E-state index < -0.39 is 23.2 Å². The SMILES string of the molecule is CC(C)CCOc1cccc(C2c3c(oc4ccc(F)cc4c3=O)C(=O)N2c2nccs2)c1. The van der Waals surface area contributed by atoms with Gasteiger partial charge in [-0.2, -0.15) is 0 Å². The summed E-state index contributed by atoms with van der Waals surface area (Å²) in [4.78, 5) is 32.7. The maximum Gasteiger partial charge on any atom is 0.297 e. The molecule has 168 valence electrons. The summed E-state index contributed by atoms with van der Waals surface area (Å²) in [5.41, 5.74) is 0.586. The van der Waals surface area contributed by atoms with Crippen LogP contribution in [0.15, 0.2) is 63.3 Å². The monoisotopic (exact) mass is 464 g/mol. The first kappa shape index (κ1) is 21.3. The van der Waals surface area contributed by atoms with Gasteiger partial charge in [-0.05, 0) is 48.2 Å². The van der Waals surface area contributed by atoms with E-state index in [-0.39, 0.29) is 22.3 Å². The van der Waals surface area contributed by atoms with Crippen LogP contribution in [0.2, 0.25) is 0 Å². The molecular weight excluding hydrogens is 443 g/mol. The van der Waals surface area contributed by atoms with Crippen molar-refractivity contribution in [3.05, 3.63) is 87.0 Å². The van der Waals surface area contributed by atoms with Crippen LogP contribution in [0.3, 0.4) is 0 Å². The van der Waals surface area contributed by atoms with Crippen LogP contribution in [-0.2, 0) is 0 Å². The van der Waals surface area contributed by atoms with Gasteiger partial charge in [-0.25, -0.2) is 9.37 Å². The summed E-state index contributed by atoms with van der Waals surface area (Å²) >= 11 is 1.29. The maximum atomic E-state index is 13.9. The highest BCUT2D eigenvalue weighted by molar-refractivity contribution is 7.13. The maximum absolute atomic E-state index is 13.9. The molecule has 0 spiro atoms. The number of anilines is 1. The molecule has 1 aliphatic rings. The highest BCUT2D eigenvalue weighted by Gasteiger charge is 2.44. The Hall–Kier alpha value is -3.52. The third-order valence-electron chi connectivity index (χ3n) is 5.60. The molecule has 2 aromatic carbocycles. The molecule has 0 N–H and O–H groups in total. The molecule has 5 rings (SSSR count). The summed E-state index contributed by atoms with van der Waals surface area (Å²) < 4.78 is 25.7. The second-order valence-electron chi connectivity index (χ2n) is 8.31. The zero-order chi connectivity index (χ0) is 23.1. The highest BCUT2D eigenvalue weighted by atomic mass is 32.1. The van der Waals surface area contributed by atoms with Gasteiger partial charge in [0.1, 0.15) is 17.1 Å². The zero-order valence-corrected chi connectivity index (χ0v) is 18.9. The lowest BCUT2D eigenvalue weighted by molar-refractivity contribution is 0.0971. The van der Waals surface area contributed by atoms with Crippen molar-refractivity contribution in [3.8, 4) is 5.75 Å². The number of nitrogens with zero attached hydrogens (tertiary/aromatic N) is 2. The van der Waals surface area contributed by atoms with E-state index in [1.54, 1.807) is 11.6 Å². The van der Waals surface area contributed by atoms with Crippen molar-refractivity contribution >= 4 is 33.3 Å². The molecule has 3 heterocycles. The van der Waals surface area contributed by atoms with Crippen LogP contribution in [0.5, 0.6) is 5.75 Å². The summed E-state index contributed by atoms with van der Waals surface area (Å²) in [7, 11) is 0. The van der Waals surface area contributed by atoms with Crippen LogP contribution >= 0.6 is 11.3 Å². The van der Waals surface area contributed by atoms with E-state index in [0.29, 0.717) is 29.0 Å². The Morgan fingerprint density at radius 1 is 1.21 bits per heavy atom. The van der Waals surface area contributed by atoms with E-state index in [4.69, 9.17) is 9.15 Å². The second kappa shape index (κ2) is 8.44. The van der Waals surface area contributed by atoms with Crippen LogP contribution in [0.25, 0.3) is 11.0 Å². The lowest BCUT2D eigenvalue weighted by Gasteiger charge is -2.23. The van der Waals surface area contributed by atoms with Crippen LogP contribution in [-0.4, -0.2) is 17.5 Å². The molecule has 1 unspecified atom stereocenters. The average molecular weight is 465 g/mol. The summed E-state index contributed by atoms with van der Waals surface area (Å²) in [5.74, 6) is 0.0911.